The van der Waals surface area contributed by atoms with Crippen molar-refractivity contribution in [1.82, 2.24) is 5.32 Å². The van der Waals surface area contributed by atoms with Gasteiger partial charge in [-0.1, -0.05) is 62.9 Å². The SMILES string of the molecule is CC(C)(C)OC(=O)N[C@@H](CSC(=O)C(C)(C)C)C(=O)OCc1ccccc1. The van der Waals surface area contributed by atoms with Gasteiger partial charge in [0, 0.05) is 11.2 Å². The second-order valence-corrected chi connectivity index (χ2v) is 9.13. The van der Waals surface area contributed by atoms with Gasteiger partial charge in [-0.25, -0.2) is 9.59 Å². The van der Waals surface area contributed by atoms with Crippen molar-refractivity contribution < 1.29 is 23.9 Å². The Morgan fingerprint density at radius 2 is 1.63 bits per heavy atom. The van der Waals surface area contributed by atoms with Gasteiger partial charge in [0.15, 0.2) is 5.12 Å². The molecule has 1 atom stereocenters. The highest BCUT2D eigenvalue weighted by Crippen LogP contribution is 2.23. The third-order valence-electron chi connectivity index (χ3n) is 3.19. The summed E-state index contributed by atoms with van der Waals surface area (Å²) in [5, 5.41) is 2.43. The van der Waals surface area contributed by atoms with E-state index in [1.54, 1.807) is 41.5 Å². The van der Waals surface area contributed by atoms with Crippen LogP contribution in [0.15, 0.2) is 30.3 Å². The molecule has 0 fully saturated rings. The second-order valence-electron chi connectivity index (χ2n) is 8.14. The smallest absolute Gasteiger partial charge is 0.408 e. The number of nitrogens with one attached hydrogen (secondary N) is 1. The number of alkyl carbamates (subject to hydrolysis) is 1. The van der Waals surface area contributed by atoms with Crippen molar-refractivity contribution in [1.29, 1.82) is 0 Å². The highest BCUT2D eigenvalue weighted by atomic mass is 32.2. The van der Waals surface area contributed by atoms with Gasteiger partial charge < -0.3 is 14.8 Å². The average molecular weight is 396 g/mol. The van der Waals surface area contributed by atoms with Crippen LogP contribution in [0.25, 0.3) is 0 Å². The second kappa shape index (κ2) is 9.78. The van der Waals surface area contributed by atoms with E-state index < -0.39 is 29.1 Å². The van der Waals surface area contributed by atoms with E-state index in [0.717, 1.165) is 17.3 Å². The van der Waals surface area contributed by atoms with E-state index in [9.17, 15) is 14.4 Å². The number of carbonyl (C=O) groups excluding carboxylic acids is 3. The molecule has 27 heavy (non-hydrogen) atoms. The molecule has 0 aliphatic heterocycles. The zero-order valence-electron chi connectivity index (χ0n) is 16.8. The molecule has 0 spiro atoms. The third kappa shape index (κ3) is 9.47. The Morgan fingerprint density at radius 3 is 2.15 bits per heavy atom. The fourth-order valence-electron chi connectivity index (χ4n) is 1.82. The summed E-state index contributed by atoms with van der Waals surface area (Å²) in [5.41, 5.74) is -0.410. The van der Waals surface area contributed by atoms with Crippen LogP contribution in [-0.2, 0) is 25.7 Å². The molecule has 150 valence electrons. The first-order valence-electron chi connectivity index (χ1n) is 8.76. The van der Waals surface area contributed by atoms with Crippen molar-refractivity contribution in [3.63, 3.8) is 0 Å². The van der Waals surface area contributed by atoms with Crippen molar-refractivity contribution in [2.45, 2.75) is 59.8 Å². The molecule has 0 saturated carbocycles. The molecule has 7 heteroatoms. The summed E-state index contributed by atoms with van der Waals surface area (Å²) in [4.78, 5) is 36.7. The molecule has 1 N–H and O–H groups in total. The highest BCUT2D eigenvalue weighted by Gasteiger charge is 2.29. The fraction of sp³-hybridized carbons (Fsp3) is 0.550. The molecule has 0 unspecified atom stereocenters. The molecule has 1 aromatic carbocycles. The maximum Gasteiger partial charge on any atom is 0.408 e. The van der Waals surface area contributed by atoms with Gasteiger partial charge in [0.05, 0.1) is 0 Å². The first-order valence-corrected chi connectivity index (χ1v) is 9.74. The Hall–Kier alpha value is -2.02. The van der Waals surface area contributed by atoms with Crippen LogP contribution in [0.5, 0.6) is 0 Å². The Morgan fingerprint density at radius 1 is 1.04 bits per heavy atom. The van der Waals surface area contributed by atoms with Crippen LogP contribution in [-0.4, -0.2) is 34.6 Å². The number of amides is 1. The van der Waals surface area contributed by atoms with E-state index in [1.807, 2.05) is 30.3 Å². The minimum Gasteiger partial charge on any atom is -0.459 e. The Balaban J connectivity index is 2.74. The summed E-state index contributed by atoms with van der Waals surface area (Å²) in [5.74, 6) is -0.540. The van der Waals surface area contributed by atoms with E-state index in [0.29, 0.717) is 0 Å². The van der Waals surface area contributed by atoms with Crippen LogP contribution in [0.2, 0.25) is 0 Å². The van der Waals surface area contributed by atoms with Crippen LogP contribution < -0.4 is 5.32 Å². The quantitative estimate of drug-likeness (QED) is 0.735. The third-order valence-corrected chi connectivity index (χ3v) is 4.57. The standard InChI is InChI=1S/C20H29NO5S/c1-19(2,3)17(23)27-13-15(21-18(24)26-20(4,5)6)16(22)25-12-14-10-8-7-9-11-14/h7-11,15H,12-13H2,1-6H3,(H,21,24)/t15-/m0/s1. The minimum atomic E-state index is -0.986. The molecule has 0 heterocycles. The van der Waals surface area contributed by atoms with Gasteiger partial charge in [0.2, 0.25) is 0 Å². The first-order chi connectivity index (χ1) is 12.4. The van der Waals surface area contributed by atoms with Crippen molar-refractivity contribution in [3.05, 3.63) is 35.9 Å². The molecule has 1 amide bonds. The van der Waals surface area contributed by atoms with E-state index in [4.69, 9.17) is 9.47 Å². The lowest BCUT2D eigenvalue weighted by Gasteiger charge is -2.23. The van der Waals surface area contributed by atoms with Gasteiger partial charge in [-0.2, -0.15) is 0 Å². The zero-order chi connectivity index (χ0) is 20.7. The van der Waals surface area contributed by atoms with Crippen LogP contribution in [0, 0.1) is 5.41 Å². The van der Waals surface area contributed by atoms with Gasteiger partial charge in [-0.05, 0) is 26.3 Å². The molecular weight excluding hydrogens is 366 g/mol. The molecule has 1 aromatic rings. The van der Waals surface area contributed by atoms with Crippen LogP contribution in [0.3, 0.4) is 0 Å². The predicted octanol–water partition coefficient (Wildman–Crippen LogP) is 3.93. The van der Waals surface area contributed by atoms with Crippen LogP contribution in [0.1, 0.15) is 47.1 Å². The molecule has 0 aromatic heterocycles. The van der Waals surface area contributed by atoms with Gasteiger partial charge in [0.1, 0.15) is 18.2 Å². The summed E-state index contributed by atoms with van der Waals surface area (Å²) in [6, 6.07) is 8.24. The number of carbonyl (C=O) groups is 3. The summed E-state index contributed by atoms with van der Waals surface area (Å²) in [6.07, 6.45) is -0.729. The topological polar surface area (TPSA) is 81.7 Å². The normalized spacial score (nSPS) is 12.8. The summed E-state index contributed by atoms with van der Waals surface area (Å²) < 4.78 is 10.5. The maximum absolute atomic E-state index is 12.5. The minimum absolute atomic E-state index is 0.0724. The Bertz CT molecular complexity index is 647. The molecule has 6 nitrogen and oxygen atoms in total. The lowest BCUT2D eigenvalue weighted by Crippen LogP contribution is -2.46. The summed E-state index contributed by atoms with van der Waals surface area (Å²) in [6.45, 7) is 10.7. The number of benzene rings is 1. The largest absolute Gasteiger partial charge is 0.459 e. The van der Waals surface area contributed by atoms with E-state index in [2.05, 4.69) is 5.32 Å². The summed E-state index contributed by atoms with van der Waals surface area (Å²) in [7, 11) is 0. The van der Waals surface area contributed by atoms with Crippen LogP contribution in [0.4, 0.5) is 4.79 Å². The monoisotopic (exact) mass is 395 g/mol. The molecule has 0 saturated heterocycles. The highest BCUT2D eigenvalue weighted by molar-refractivity contribution is 8.13. The molecule has 0 aliphatic rings. The molecular formula is C20H29NO5S. The van der Waals surface area contributed by atoms with E-state index in [-0.39, 0.29) is 17.5 Å². The lowest BCUT2D eigenvalue weighted by molar-refractivity contribution is -0.146. The number of hydrogen-bond acceptors (Lipinski definition) is 6. The molecule has 0 radical (unpaired) electrons. The number of ether oxygens (including phenoxy) is 2. The Labute approximate surface area is 165 Å². The number of rotatable bonds is 6. The zero-order valence-corrected chi connectivity index (χ0v) is 17.6. The van der Waals surface area contributed by atoms with Gasteiger partial charge in [0.25, 0.3) is 0 Å². The molecule has 0 bridgehead atoms. The van der Waals surface area contributed by atoms with Crippen LogP contribution >= 0.6 is 11.8 Å². The number of esters is 1. The van der Waals surface area contributed by atoms with Crippen molar-refractivity contribution >= 4 is 28.9 Å². The lowest BCUT2D eigenvalue weighted by atomic mass is 10.00. The van der Waals surface area contributed by atoms with Crippen molar-refractivity contribution in [2.24, 2.45) is 5.41 Å². The number of hydrogen-bond donors (Lipinski definition) is 1. The average Bonchev–Trinajstić information content (AvgIpc) is 2.54. The van der Waals surface area contributed by atoms with Gasteiger partial charge in [-0.15, -0.1) is 0 Å². The van der Waals surface area contributed by atoms with Gasteiger partial charge in [-0.3, -0.25) is 4.79 Å². The Kier molecular flexibility index (Phi) is 8.34. The molecule has 1 rings (SSSR count). The van der Waals surface area contributed by atoms with E-state index in [1.165, 1.54) is 0 Å². The van der Waals surface area contributed by atoms with Crippen molar-refractivity contribution in [3.8, 4) is 0 Å². The summed E-state index contributed by atoms with van der Waals surface area (Å²) >= 11 is 0.991. The van der Waals surface area contributed by atoms with Crippen molar-refractivity contribution in [2.75, 3.05) is 5.75 Å². The maximum atomic E-state index is 12.5. The predicted molar refractivity (Wildman–Crippen MR) is 106 cm³/mol. The molecule has 0 aliphatic carbocycles. The first kappa shape index (κ1) is 23.0. The number of thioether (sulfide) groups is 1. The van der Waals surface area contributed by atoms with Gasteiger partial charge >= 0.3 is 12.1 Å². The van der Waals surface area contributed by atoms with E-state index >= 15 is 0 Å². The fourth-order valence-corrected chi connectivity index (χ4v) is 2.79.